The van der Waals surface area contributed by atoms with E-state index in [1.807, 2.05) is 4.90 Å². The highest BCUT2D eigenvalue weighted by molar-refractivity contribution is 7.91. The van der Waals surface area contributed by atoms with Gasteiger partial charge in [-0.15, -0.1) is 0 Å². The van der Waals surface area contributed by atoms with Crippen LogP contribution in [0.3, 0.4) is 0 Å². The maximum absolute atomic E-state index is 12.5. The largest absolute Gasteiger partial charge is 0.461 e. The molecular weight excluding hydrogens is 324 g/mol. The summed E-state index contributed by atoms with van der Waals surface area (Å²) in [5.41, 5.74) is 0. The minimum absolute atomic E-state index is 0.0507. The predicted molar refractivity (Wildman–Crippen MR) is 79.6 cm³/mol. The fourth-order valence-corrected chi connectivity index (χ4v) is 5.34. The number of nitrogens with zero attached hydrogens (tertiary/aromatic N) is 2. The van der Waals surface area contributed by atoms with E-state index in [0.717, 1.165) is 0 Å². The highest BCUT2D eigenvalue weighted by atomic mass is 32.2. The number of aliphatic hydroxyl groups excluding tert-OH is 1. The molecule has 2 fully saturated rings. The van der Waals surface area contributed by atoms with Gasteiger partial charge in [0.05, 0.1) is 30.4 Å². The molecule has 3 rings (SSSR count). The second-order valence-corrected chi connectivity index (χ2v) is 7.93. The minimum atomic E-state index is -3.28. The molecule has 0 unspecified atom stereocenters. The lowest BCUT2D eigenvalue weighted by molar-refractivity contribution is -0.132. The molecule has 1 aromatic heterocycles. The summed E-state index contributed by atoms with van der Waals surface area (Å²) >= 11 is 0. The summed E-state index contributed by atoms with van der Waals surface area (Å²) in [6.07, 6.45) is 1.31. The number of furan rings is 1. The second kappa shape index (κ2) is 6.06. The van der Waals surface area contributed by atoms with E-state index in [0.29, 0.717) is 13.1 Å². The Hall–Kier alpha value is -1.71. The zero-order valence-electron chi connectivity index (χ0n) is 12.4. The van der Waals surface area contributed by atoms with Gasteiger partial charge in [0.15, 0.2) is 15.6 Å². The number of sulfone groups is 1. The number of aliphatic hydroxyl groups is 1. The van der Waals surface area contributed by atoms with Crippen molar-refractivity contribution >= 4 is 21.5 Å². The fourth-order valence-electron chi connectivity index (χ4n) is 3.33. The molecule has 2 aliphatic heterocycles. The Bertz CT molecular complexity index is 699. The summed E-state index contributed by atoms with van der Waals surface area (Å²) in [6, 6.07) is 1.98. The molecule has 8 nitrogen and oxygen atoms in total. The SMILES string of the molecule is O=C(C(=O)N1CCN(CCO)[C@H]2CS(=O)(=O)C[C@H]21)c1ccco1. The molecule has 0 spiro atoms. The Labute approximate surface area is 133 Å². The first-order valence-corrected chi connectivity index (χ1v) is 9.19. The Morgan fingerprint density at radius 2 is 2.00 bits per heavy atom. The third-order valence-electron chi connectivity index (χ3n) is 4.38. The Morgan fingerprint density at radius 1 is 1.26 bits per heavy atom. The summed E-state index contributed by atoms with van der Waals surface area (Å²) < 4.78 is 28.9. The van der Waals surface area contributed by atoms with Crippen LogP contribution in [0.5, 0.6) is 0 Å². The zero-order chi connectivity index (χ0) is 16.6. The maximum atomic E-state index is 12.5. The molecule has 126 valence electrons. The third kappa shape index (κ3) is 3.04. The number of hydrogen-bond acceptors (Lipinski definition) is 7. The van der Waals surface area contributed by atoms with Gasteiger partial charge in [0.2, 0.25) is 0 Å². The van der Waals surface area contributed by atoms with Crippen molar-refractivity contribution in [1.82, 2.24) is 9.80 Å². The van der Waals surface area contributed by atoms with E-state index in [1.165, 1.54) is 23.3 Å². The van der Waals surface area contributed by atoms with Gasteiger partial charge in [0, 0.05) is 25.7 Å². The lowest BCUT2D eigenvalue weighted by atomic mass is 10.0. The van der Waals surface area contributed by atoms with E-state index in [9.17, 15) is 18.0 Å². The summed E-state index contributed by atoms with van der Waals surface area (Å²) in [4.78, 5) is 27.9. The number of fused-ring (bicyclic) bond motifs is 1. The van der Waals surface area contributed by atoms with Crippen LogP contribution in [0.4, 0.5) is 0 Å². The number of β-amino-alcohol motifs (C(OH)–C–C–N with tert-alkyl or cyclic N) is 1. The van der Waals surface area contributed by atoms with Crippen LogP contribution in [0.2, 0.25) is 0 Å². The van der Waals surface area contributed by atoms with Crippen LogP contribution in [0.25, 0.3) is 0 Å². The number of rotatable bonds is 4. The molecule has 2 aliphatic rings. The maximum Gasteiger partial charge on any atom is 0.298 e. The minimum Gasteiger partial charge on any atom is -0.461 e. The van der Waals surface area contributed by atoms with Crippen molar-refractivity contribution in [1.29, 1.82) is 0 Å². The molecule has 1 aromatic rings. The van der Waals surface area contributed by atoms with Gasteiger partial charge < -0.3 is 14.4 Å². The van der Waals surface area contributed by atoms with Crippen LogP contribution in [-0.4, -0.2) is 84.8 Å². The lowest BCUT2D eigenvalue weighted by Gasteiger charge is -2.43. The molecule has 0 saturated carbocycles. The van der Waals surface area contributed by atoms with Crippen molar-refractivity contribution in [2.24, 2.45) is 0 Å². The number of ketones is 1. The molecule has 23 heavy (non-hydrogen) atoms. The number of carbonyl (C=O) groups is 2. The van der Waals surface area contributed by atoms with Crippen LogP contribution in [0, 0.1) is 0 Å². The monoisotopic (exact) mass is 342 g/mol. The Kier molecular flexibility index (Phi) is 4.26. The number of piperazine rings is 1. The topological polar surface area (TPSA) is 108 Å². The Morgan fingerprint density at radius 3 is 2.65 bits per heavy atom. The van der Waals surface area contributed by atoms with Crippen LogP contribution >= 0.6 is 0 Å². The van der Waals surface area contributed by atoms with Crippen molar-refractivity contribution < 1.29 is 27.5 Å². The molecule has 1 N–H and O–H groups in total. The van der Waals surface area contributed by atoms with Gasteiger partial charge in [-0.3, -0.25) is 14.5 Å². The summed E-state index contributed by atoms with van der Waals surface area (Å²) in [7, 11) is -3.28. The number of Topliss-reactive ketones (excluding diaryl/α,β-unsaturated/α-hetero) is 1. The first-order valence-electron chi connectivity index (χ1n) is 7.37. The molecule has 1 amide bonds. The van der Waals surface area contributed by atoms with E-state index < -0.39 is 27.6 Å². The quantitative estimate of drug-likeness (QED) is 0.539. The van der Waals surface area contributed by atoms with Gasteiger partial charge >= 0.3 is 0 Å². The zero-order valence-corrected chi connectivity index (χ0v) is 13.2. The average Bonchev–Trinajstić information content (AvgIpc) is 3.13. The smallest absolute Gasteiger partial charge is 0.298 e. The highest BCUT2D eigenvalue weighted by Crippen LogP contribution is 2.27. The van der Waals surface area contributed by atoms with Crippen LogP contribution < -0.4 is 0 Å². The van der Waals surface area contributed by atoms with Crippen LogP contribution in [-0.2, 0) is 14.6 Å². The van der Waals surface area contributed by atoms with Crippen molar-refractivity contribution in [3.8, 4) is 0 Å². The van der Waals surface area contributed by atoms with E-state index in [2.05, 4.69) is 0 Å². The number of amides is 1. The second-order valence-electron chi connectivity index (χ2n) is 5.78. The van der Waals surface area contributed by atoms with E-state index in [1.54, 1.807) is 0 Å². The van der Waals surface area contributed by atoms with E-state index >= 15 is 0 Å². The molecule has 2 atom stereocenters. The van der Waals surface area contributed by atoms with Crippen molar-refractivity contribution in [3.05, 3.63) is 24.2 Å². The molecule has 0 bridgehead atoms. The van der Waals surface area contributed by atoms with E-state index in [4.69, 9.17) is 9.52 Å². The van der Waals surface area contributed by atoms with E-state index in [-0.39, 0.29) is 36.5 Å². The first-order chi connectivity index (χ1) is 10.9. The van der Waals surface area contributed by atoms with Gasteiger partial charge in [-0.2, -0.15) is 0 Å². The highest BCUT2D eigenvalue weighted by Gasteiger charge is 2.48. The van der Waals surface area contributed by atoms with Gasteiger partial charge in [-0.25, -0.2) is 8.42 Å². The van der Waals surface area contributed by atoms with Crippen molar-refractivity contribution in [3.63, 3.8) is 0 Å². The molecular formula is C14H18N2O6S. The lowest BCUT2D eigenvalue weighted by Crippen LogP contribution is -2.62. The Balaban J connectivity index is 1.83. The molecule has 9 heteroatoms. The predicted octanol–water partition coefficient (Wildman–Crippen LogP) is -1.24. The van der Waals surface area contributed by atoms with Gasteiger partial charge in [0.25, 0.3) is 11.7 Å². The molecule has 2 saturated heterocycles. The summed E-state index contributed by atoms with van der Waals surface area (Å²) in [5.74, 6) is -1.78. The molecule has 3 heterocycles. The van der Waals surface area contributed by atoms with Gasteiger partial charge in [0.1, 0.15) is 0 Å². The summed E-state index contributed by atoms with van der Waals surface area (Å²) in [5, 5.41) is 9.12. The van der Waals surface area contributed by atoms with Crippen molar-refractivity contribution in [2.45, 2.75) is 12.1 Å². The number of hydrogen-bond donors (Lipinski definition) is 1. The first kappa shape index (κ1) is 16.2. The van der Waals surface area contributed by atoms with Crippen molar-refractivity contribution in [2.75, 3.05) is 37.7 Å². The normalized spacial score (nSPS) is 26.9. The molecule has 0 radical (unpaired) electrons. The third-order valence-corrected chi connectivity index (χ3v) is 6.08. The fraction of sp³-hybridized carbons (Fsp3) is 0.571. The average molecular weight is 342 g/mol. The summed E-state index contributed by atoms with van der Waals surface area (Å²) in [6.45, 7) is 0.948. The van der Waals surface area contributed by atoms with Crippen LogP contribution in [0.15, 0.2) is 22.8 Å². The number of carbonyl (C=O) groups excluding carboxylic acids is 2. The standard InChI is InChI=1S/C14H18N2O6S/c17-6-5-15-3-4-16(11-9-23(20,21)8-10(11)15)14(19)13(18)12-2-1-7-22-12/h1-2,7,10-11,17H,3-6,8-9H2/t10-,11+/m0/s1. The van der Waals surface area contributed by atoms with Gasteiger partial charge in [-0.05, 0) is 12.1 Å². The molecule has 0 aromatic carbocycles. The molecule has 0 aliphatic carbocycles. The van der Waals surface area contributed by atoms with Crippen LogP contribution in [0.1, 0.15) is 10.6 Å². The van der Waals surface area contributed by atoms with Gasteiger partial charge in [-0.1, -0.05) is 0 Å².